The molecule has 0 radical (unpaired) electrons. The lowest BCUT2D eigenvalue weighted by Gasteiger charge is -2.57. The van der Waals surface area contributed by atoms with E-state index in [1.165, 1.54) is 44.9 Å². The maximum Gasteiger partial charge on any atom is 0.255 e. The molecule has 0 atom stereocenters. The molecule has 0 aromatic carbocycles. The molecule has 5 nitrogen and oxygen atoms in total. The number of rotatable bonds is 5. The molecule has 0 aromatic rings. The predicted molar refractivity (Wildman–Crippen MR) is 137 cm³/mol. The van der Waals surface area contributed by atoms with Crippen molar-refractivity contribution < 1.29 is 14.4 Å². The maximum absolute atomic E-state index is 14.3. The Balaban J connectivity index is 2.37. The normalized spacial score (nSPS) is 25.2. The first-order valence-electron chi connectivity index (χ1n) is 13.2. The van der Waals surface area contributed by atoms with E-state index in [1.54, 1.807) is 6.08 Å². The van der Waals surface area contributed by atoms with Crippen LogP contribution in [0.3, 0.4) is 0 Å². The second-order valence-electron chi connectivity index (χ2n) is 11.6. The first kappa shape index (κ1) is 28.1. The SMILES string of the molecule is C=CCON1C(C)(C)CC2(CC1(C)C)OCCCCCCCCCCCN(CC(=C)C)C2=O. The molecule has 1 amide bonds. The summed E-state index contributed by atoms with van der Waals surface area (Å²) in [5, 5.41) is 2.07. The topological polar surface area (TPSA) is 42.0 Å². The highest BCUT2D eigenvalue weighted by molar-refractivity contribution is 5.86. The molecule has 1 spiro atoms. The number of amides is 1. The average molecular weight is 463 g/mol. The third kappa shape index (κ3) is 7.93. The highest BCUT2D eigenvalue weighted by atomic mass is 16.7. The van der Waals surface area contributed by atoms with Gasteiger partial charge in [-0.3, -0.25) is 9.63 Å². The van der Waals surface area contributed by atoms with Crippen LogP contribution in [0.4, 0.5) is 0 Å². The third-order valence-electron chi connectivity index (χ3n) is 6.95. The lowest BCUT2D eigenvalue weighted by Crippen LogP contribution is -2.69. The Morgan fingerprint density at radius 2 is 1.48 bits per heavy atom. The van der Waals surface area contributed by atoms with Gasteiger partial charge in [-0.15, -0.1) is 6.58 Å². The molecule has 0 unspecified atom stereocenters. The number of carbonyl (C=O) groups excluding carboxylic acids is 1. The summed E-state index contributed by atoms with van der Waals surface area (Å²) in [6.07, 6.45) is 13.8. The van der Waals surface area contributed by atoms with E-state index >= 15 is 0 Å². The van der Waals surface area contributed by atoms with Gasteiger partial charge in [0, 0.05) is 43.6 Å². The van der Waals surface area contributed by atoms with E-state index < -0.39 is 5.60 Å². The molecule has 2 saturated heterocycles. The van der Waals surface area contributed by atoms with Gasteiger partial charge in [0.2, 0.25) is 0 Å². The molecular weight excluding hydrogens is 412 g/mol. The fourth-order valence-electron chi connectivity index (χ4n) is 5.99. The van der Waals surface area contributed by atoms with Gasteiger partial charge in [-0.2, -0.15) is 5.06 Å². The van der Waals surface area contributed by atoms with E-state index in [4.69, 9.17) is 9.57 Å². The van der Waals surface area contributed by atoms with Crippen molar-refractivity contribution in [3.8, 4) is 0 Å². The van der Waals surface area contributed by atoms with Crippen LogP contribution in [0, 0.1) is 0 Å². The van der Waals surface area contributed by atoms with E-state index in [0.717, 1.165) is 25.0 Å². The van der Waals surface area contributed by atoms with E-state index in [2.05, 4.69) is 45.9 Å². The standard InChI is InChI=1S/C28H50N2O3/c1-8-19-33-30-26(4,5)22-28(23-27(30,6)7)25(31)29(21-24(2)3)18-16-14-12-10-9-11-13-15-17-20-32-28/h8H,1-2,9-23H2,3-7H3. The molecule has 2 heterocycles. The summed E-state index contributed by atoms with van der Waals surface area (Å²) in [4.78, 5) is 22.4. The Labute approximate surface area is 203 Å². The zero-order chi connectivity index (χ0) is 24.5. The van der Waals surface area contributed by atoms with Crippen LogP contribution in [0.15, 0.2) is 24.8 Å². The van der Waals surface area contributed by atoms with Crippen LogP contribution in [0.1, 0.15) is 105 Å². The van der Waals surface area contributed by atoms with Crippen molar-refractivity contribution in [2.45, 2.75) is 122 Å². The van der Waals surface area contributed by atoms with Crippen LogP contribution < -0.4 is 0 Å². The van der Waals surface area contributed by atoms with Gasteiger partial charge in [-0.25, -0.2) is 0 Å². The fourth-order valence-corrected chi connectivity index (χ4v) is 5.99. The van der Waals surface area contributed by atoms with Crippen LogP contribution in [-0.4, -0.2) is 58.9 Å². The molecular formula is C28H50N2O3. The van der Waals surface area contributed by atoms with Gasteiger partial charge < -0.3 is 9.64 Å². The van der Waals surface area contributed by atoms with Crippen molar-refractivity contribution in [2.24, 2.45) is 0 Å². The first-order valence-corrected chi connectivity index (χ1v) is 13.2. The summed E-state index contributed by atoms with van der Waals surface area (Å²) in [6.45, 7) is 21.0. The van der Waals surface area contributed by atoms with Gasteiger partial charge in [0.15, 0.2) is 0 Å². The van der Waals surface area contributed by atoms with E-state index in [-0.39, 0.29) is 17.0 Å². The van der Waals surface area contributed by atoms with Gasteiger partial charge in [-0.05, 0) is 47.5 Å². The minimum absolute atomic E-state index is 0.130. The van der Waals surface area contributed by atoms with Gasteiger partial charge in [0.05, 0.1) is 6.61 Å². The number of hydroxylamine groups is 2. The zero-order valence-corrected chi connectivity index (χ0v) is 22.2. The largest absolute Gasteiger partial charge is 0.365 e. The Morgan fingerprint density at radius 1 is 0.970 bits per heavy atom. The lowest BCUT2D eigenvalue weighted by atomic mass is 9.71. The number of hydrogen-bond donors (Lipinski definition) is 0. The predicted octanol–water partition coefficient (Wildman–Crippen LogP) is 6.44. The van der Waals surface area contributed by atoms with Crippen LogP contribution in [-0.2, 0) is 14.4 Å². The number of ether oxygens (including phenoxy) is 1. The summed E-state index contributed by atoms with van der Waals surface area (Å²) in [5.41, 5.74) is -0.561. The van der Waals surface area contributed by atoms with Crippen molar-refractivity contribution in [3.63, 3.8) is 0 Å². The highest BCUT2D eigenvalue weighted by Gasteiger charge is 2.58. The molecule has 0 N–H and O–H groups in total. The van der Waals surface area contributed by atoms with Crippen molar-refractivity contribution in [2.75, 3.05) is 26.3 Å². The average Bonchev–Trinajstić information content (AvgIpc) is 2.71. The molecule has 2 aliphatic heterocycles. The van der Waals surface area contributed by atoms with E-state index in [1.807, 2.05) is 11.8 Å². The molecule has 0 saturated carbocycles. The minimum atomic E-state index is -0.851. The quantitative estimate of drug-likeness (QED) is 0.441. The summed E-state index contributed by atoms with van der Waals surface area (Å²) in [5.74, 6) is 0.130. The second kappa shape index (κ2) is 12.5. The second-order valence-corrected chi connectivity index (χ2v) is 11.6. The number of piperidine rings is 1. The molecule has 2 rings (SSSR count). The fraction of sp³-hybridized carbons (Fsp3) is 0.821. The number of hydrogen-bond acceptors (Lipinski definition) is 4. The monoisotopic (exact) mass is 462 g/mol. The van der Waals surface area contributed by atoms with Gasteiger partial charge >= 0.3 is 0 Å². The van der Waals surface area contributed by atoms with Crippen LogP contribution in [0.25, 0.3) is 0 Å². The molecule has 190 valence electrons. The van der Waals surface area contributed by atoms with Crippen LogP contribution in [0.5, 0.6) is 0 Å². The molecule has 0 aromatic heterocycles. The Bertz CT molecular complexity index is 638. The first-order chi connectivity index (χ1) is 15.5. The number of nitrogens with zero attached hydrogens (tertiary/aromatic N) is 2. The van der Waals surface area contributed by atoms with Gasteiger partial charge in [0.1, 0.15) is 5.60 Å². The van der Waals surface area contributed by atoms with Crippen LogP contribution in [0.2, 0.25) is 0 Å². The Hall–Kier alpha value is -1.17. The van der Waals surface area contributed by atoms with Crippen molar-refractivity contribution >= 4 is 5.91 Å². The van der Waals surface area contributed by atoms with Crippen molar-refractivity contribution in [1.29, 1.82) is 0 Å². The van der Waals surface area contributed by atoms with Crippen molar-refractivity contribution in [1.82, 2.24) is 9.96 Å². The van der Waals surface area contributed by atoms with Crippen molar-refractivity contribution in [3.05, 3.63) is 24.8 Å². The molecule has 0 bridgehead atoms. The molecule has 2 aliphatic rings. The maximum atomic E-state index is 14.3. The summed E-state index contributed by atoms with van der Waals surface area (Å²) >= 11 is 0. The smallest absolute Gasteiger partial charge is 0.255 e. The van der Waals surface area contributed by atoms with E-state index in [0.29, 0.717) is 32.6 Å². The third-order valence-corrected chi connectivity index (χ3v) is 6.95. The minimum Gasteiger partial charge on any atom is -0.365 e. The summed E-state index contributed by atoms with van der Waals surface area (Å²) in [7, 11) is 0. The number of carbonyl (C=O) groups is 1. The Kier molecular flexibility index (Phi) is 10.6. The summed E-state index contributed by atoms with van der Waals surface area (Å²) in [6, 6.07) is 0. The molecule has 5 heteroatoms. The molecule has 33 heavy (non-hydrogen) atoms. The van der Waals surface area contributed by atoms with Gasteiger partial charge in [0.25, 0.3) is 5.91 Å². The lowest BCUT2D eigenvalue weighted by molar-refractivity contribution is -0.302. The zero-order valence-electron chi connectivity index (χ0n) is 22.2. The van der Waals surface area contributed by atoms with E-state index in [9.17, 15) is 4.79 Å². The van der Waals surface area contributed by atoms with Crippen LogP contribution >= 0.6 is 0 Å². The summed E-state index contributed by atoms with van der Waals surface area (Å²) < 4.78 is 6.67. The Morgan fingerprint density at radius 3 is 2.00 bits per heavy atom. The van der Waals surface area contributed by atoms with Gasteiger partial charge in [-0.1, -0.05) is 63.2 Å². The molecule has 0 aliphatic carbocycles. The molecule has 2 fully saturated rings. The highest BCUT2D eigenvalue weighted by Crippen LogP contribution is 2.46.